The number of nitrogens with zero attached hydrogens (tertiary/aromatic N) is 2. The number of carbonyl (C=O) groups excluding carboxylic acids is 2. The second kappa shape index (κ2) is 8.17. The predicted octanol–water partition coefficient (Wildman–Crippen LogP) is 2.46. The van der Waals surface area contributed by atoms with Crippen molar-refractivity contribution in [1.29, 1.82) is 0 Å². The fraction of sp³-hybridized carbons (Fsp3) is 0.562. The average Bonchev–Trinajstić information content (AvgIpc) is 2.49. The van der Waals surface area contributed by atoms with Crippen molar-refractivity contribution in [3.8, 4) is 0 Å². The highest BCUT2D eigenvalue weighted by Gasteiger charge is 2.24. The van der Waals surface area contributed by atoms with Crippen LogP contribution in [0.5, 0.6) is 0 Å². The summed E-state index contributed by atoms with van der Waals surface area (Å²) in [6, 6.07) is 3.75. The summed E-state index contributed by atoms with van der Waals surface area (Å²) in [5, 5.41) is 3.82. The Balaban J connectivity index is 1.79. The van der Waals surface area contributed by atoms with Crippen LogP contribution in [0.1, 0.15) is 33.1 Å². The van der Waals surface area contributed by atoms with Crippen molar-refractivity contribution in [3.05, 3.63) is 18.3 Å². The average molecular weight is 321 g/mol. The fourth-order valence-corrected chi connectivity index (χ4v) is 3.15. The molecule has 0 fully saturated rings. The molecule has 1 aliphatic heterocycles. The lowest BCUT2D eigenvalue weighted by atomic mass is 10.1. The largest absolute Gasteiger partial charge is 0.356 e. The highest BCUT2D eigenvalue weighted by Crippen LogP contribution is 2.33. The molecule has 6 heteroatoms. The normalized spacial score (nSPS) is 14.1. The van der Waals surface area contributed by atoms with Crippen LogP contribution in [0.3, 0.4) is 0 Å². The number of thioether (sulfide) groups is 1. The first kappa shape index (κ1) is 16.8. The topological polar surface area (TPSA) is 62.3 Å². The van der Waals surface area contributed by atoms with Crippen LogP contribution in [0.15, 0.2) is 23.4 Å². The van der Waals surface area contributed by atoms with Crippen LogP contribution in [-0.2, 0) is 9.59 Å². The van der Waals surface area contributed by atoms with Crippen LogP contribution >= 0.6 is 11.8 Å². The summed E-state index contributed by atoms with van der Waals surface area (Å²) >= 11 is 1.47. The van der Waals surface area contributed by atoms with E-state index in [4.69, 9.17) is 0 Å². The van der Waals surface area contributed by atoms with Crippen LogP contribution in [-0.4, -0.2) is 35.6 Å². The third-order valence-corrected chi connectivity index (χ3v) is 4.48. The zero-order chi connectivity index (χ0) is 15.9. The predicted molar refractivity (Wildman–Crippen MR) is 89.0 cm³/mol. The summed E-state index contributed by atoms with van der Waals surface area (Å²) in [7, 11) is 0. The van der Waals surface area contributed by atoms with Crippen molar-refractivity contribution in [2.75, 3.05) is 23.7 Å². The Morgan fingerprint density at radius 3 is 3.09 bits per heavy atom. The Labute approximate surface area is 135 Å². The molecular weight excluding hydrogens is 298 g/mol. The molecule has 2 amide bonds. The molecule has 0 spiro atoms. The van der Waals surface area contributed by atoms with Gasteiger partial charge in [-0.15, -0.1) is 0 Å². The molecule has 0 saturated heterocycles. The van der Waals surface area contributed by atoms with Gasteiger partial charge in [-0.2, -0.15) is 0 Å². The Morgan fingerprint density at radius 1 is 1.50 bits per heavy atom. The van der Waals surface area contributed by atoms with Crippen LogP contribution in [0.2, 0.25) is 0 Å². The van der Waals surface area contributed by atoms with E-state index in [1.165, 1.54) is 11.8 Å². The van der Waals surface area contributed by atoms with E-state index in [0.717, 1.165) is 23.7 Å². The van der Waals surface area contributed by atoms with Crippen LogP contribution in [0.4, 0.5) is 5.69 Å². The van der Waals surface area contributed by atoms with Gasteiger partial charge >= 0.3 is 0 Å². The first-order chi connectivity index (χ1) is 10.6. The number of anilines is 1. The molecule has 1 aliphatic rings. The molecule has 0 radical (unpaired) electrons. The molecular formula is C16H23N3O2S. The molecule has 2 rings (SSSR count). The Kier molecular flexibility index (Phi) is 6.24. The summed E-state index contributed by atoms with van der Waals surface area (Å²) in [6.45, 7) is 5.56. The summed E-state index contributed by atoms with van der Waals surface area (Å²) in [6.07, 6.45) is 3.84. The number of fused-ring (bicyclic) bond motifs is 1. The molecule has 0 bridgehead atoms. The number of carbonyl (C=O) groups is 2. The molecule has 0 saturated carbocycles. The van der Waals surface area contributed by atoms with Gasteiger partial charge in [0.2, 0.25) is 11.8 Å². The molecule has 1 aromatic heterocycles. The second-order valence-corrected chi connectivity index (χ2v) is 6.76. The van der Waals surface area contributed by atoms with Gasteiger partial charge in [0, 0.05) is 25.7 Å². The molecule has 1 aromatic rings. The van der Waals surface area contributed by atoms with Crippen molar-refractivity contribution in [2.24, 2.45) is 5.92 Å². The Hall–Kier alpha value is -1.56. The SMILES string of the molecule is CC(C)CCNC(=O)CCCN1C(=O)CSc2ncccc21. The van der Waals surface area contributed by atoms with E-state index in [-0.39, 0.29) is 11.8 Å². The second-order valence-electron chi connectivity index (χ2n) is 5.80. The number of amides is 2. The zero-order valence-corrected chi connectivity index (χ0v) is 14.0. The number of pyridine rings is 1. The molecule has 1 N–H and O–H groups in total. The number of hydrogen-bond acceptors (Lipinski definition) is 4. The van der Waals surface area contributed by atoms with Gasteiger partial charge < -0.3 is 10.2 Å². The highest BCUT2D eigenvalue weighted by molar-refractivity contribution is 8.00. The van der Waals surface area contributed by atoms with Gasteiger partial charge in [-0.1, -0.05) is 25.6 Å². The summed E-state index contributed by atoms with van der Waals surface area (Å²) < 4.78 is 0. The third kappa shape index (κ3) is 4.73. The third-order valence-electron chi connectivity index (χ3n) is 3.50. The maximum atomic E-state index is 12.1. The molecule has 0 aromatic carbocycles. The minimum Gasteiger partial charge on any atom is -0.356 e. The summed E-state index contributed by atoms with van der Waals surface area (Å²) in [5.41, 5.74) is 0.865. The Bertz CT molecular complexity index is 534. The summed E-state index contributed by atoms with van der Waals surface area (Å²) in [5.74, 6) is 1.16. The number of nitrogens with one attached hydrogen (secondary N) is 1. The van der Waals surface area contributed by atoms with E-state index in [0.29, 0.717) is 31.1 Å². The molecule has 0 unspecified atom stereocenters. The quantitative estimate of drug-likeness (QED) is 0.838. The lowest BCUT2D eigenvalue weighted by Gasteiger charge is -2.27. The first-order valence-corrected chi connectivity index (χ1v) is 8.71. The highest BCUT2D eigenvalue weighted by atomic mass is 32.2. The fourth-order valence-electron chi connectivity index (χ4n) is 2.27. The molecule has 22 heavy (non-hydrogen) atoms. The van der Waals surface area contributed by atoms with Gasteiger partial charge in [0.25, 0.3) is 0 Å². The molecule has 5 nitrogen and oxygen atoms in total. The van der Waals surface area contributed by atoms with E-state index < -0.39 is 0 Å². The van der Waals surface area contributed by atoms with Crippen LogP contribution in [0, 0.1) is 5.92 Å². The number of aromatic nitrogens is 1. The van der Waals surface area contributed by atoms with Gasteiger partial charge in [0.15, 0.2) is 0 Å². The minimum atomic E-state index is 0.0610. The molecule has 0 aliphatic carbocycles. The standard InChI is InChI=1S/C16H23N3O2S/c1-12(2)7-9-17-14(20)6-4-10-19-13-5-3-8-18-16(13)22-11-15(19)21/h3,5,8,12H,4,6-7,9-11H2,1-2H3,(H,17,20). The van der Waals surface area contributed by atoms with E-state index in [1.807, 2.05) is 12.1 Å². The van der Waals surface area contributed by atoms with Crippen LogP contribution < -0.4 is 10.2 Å². The maximum absolute atomic E-state index is 12.1. The van der Waals surface area contributed by atoms with E-state index in [2.05, 4.69) is 24.1 Å². The molecule has 2 heterocycles. The maximum Gasteiger partial charge on any atom is 0.237 e. The van der Waals surface area contributed by atoms with Crippen molar-refractivity contribution in [1.82, 2.24) is 10.3 Å². The Morgan fingerprint density at radius 2 is 2.32 bits per heavy atom. The van der Waals surface area contributed by atoms with Crippen molar-refractivity contribution in [2.45, 2.75) is 38.1 Å². The van der Waals surface area contributed by atoms with E-state index >= 15 is 0 Å². The van der Waals surface area contributed by atoms with Crippen LogP contribution in [0.25, 0.3) is 0 Å². The van der Waals surface area contributed by atoms with Crippen molar-refractivity contribution < 1.29 is 9.59 Å². The van der Waals surface area contributed by atoms with Gasteiger partial charge in [-0.05, 0) is 30.9 Å². The van der Waals surface area contributed by atoms with Gasteiger partial charge in [0.05, 0.1) is 11.4 Å². The first-order valence-electron chi connectivity index (χ1n) is 7.73. The number of hydrogen-bond donors (Lipinski definition) is 1. The van der Waals surface area contributed by atoms with Crippen molar-refractivity contribution >= 4 is 29.3 Å². The minimum absolute atomic E-state index is 0.0610. The molecule has 0 atom stereocenters. The van der Waals surface area contributed by atoms with Crippen molar-refractivity contribution in [3.63, 3.8) is 0 Å². The lowest BCUT2D eigenvalue weighted by Crippen LogP contribution is -2.37. The van der Waals surface area contributed by atoms with E-state index in [1.54, 1.807) is 11.1 Å². The van der Waals surface area contributed by atoms with Gasteiger partial charge in [-0.3, -0.25) is 9.59 Å². The summed E-state index contributed by atoms with van der Waals surface area (Å²) in [4.78, 5) is 29.9. The van der Waals surface area contributed by atoms with Gasteiger partial charge in [0.1, 0.15) is 5.03 Å². The monoisotopic (exact) mass is 321 g/mol. The number of rotatable bonds is 7. The lowest BCUT2D eigenvalue weighted by molar-refractivity contribution is -0.121. The zero-order valence-electron chi connectivity index (χ0n) is 13.2. The van der Waals surface area contributed by atoms with E-state index in [9.17, 15) is 9.59 Å². The smallest absolute Gasteiger partial charge is 0.237 e. The van der Waals surface area contributed by atoms with Gasteiger partial charge in [-0.25, -0.2) is 4.98 Å². The molecule has 120 valence electrons.